The summed E-state index contributed by atoms with van der Waals surface area (Å²) in [5.41, 5.74) is 1.00. The Morgan fingerprint density at radius 1 is 1.02 bits per heavy atom. The van der Waals surface area contributed by atoms with Gasteiger partial charge in [0.25, 0.3) is 0 Å². The summed E-state index contributed by atoms with van der Waals surface area (Å²) in [7, 11) is 0. The van der Waals surface area contributed by atoms with Crippen molar-refractivity contribution in [3.05, 3.63) is 87.1 Å². The highest BCUT2D eigenvalue weighted by molar-refractivity contribution is 5.36. The minimum atomic E-state index is -1.51. The van der Waals surface area contributed by atoms with E-state index in [0.717, 1.165) is 31.3 Å². The second-order valence-electron chi connectivity index (χ2n) is 15.3. The van der Waals surface area contributed by atoms with Crippen molar-refractivity contribution in [3.8, 4) is 5.75 Å². The summed E-state index contributed by atoms with van der Waals surface area (Å²) in [4.78, 5) is 13.0. The van der Waals surface area contributed by atoms with E-state index in [4.69, 9.17) is 9.15 Å². The van der Waals surface area contributed by atoms with Crippen molar-refractivity contribution in [2.75, 3.05) is 13.2 Å². The molecule has 1 aromatic rings. The third-order valence-corrected chi connectivity index (χ3v) is 9.76. The average Bonchev–Trinajstić information content (AvgIpc) is 3.04. The maximum atomic E-state index is 13.0. The van der Waals surface area contributed by atoms with Crippen LogP contribution in [0.4, 0.5) is 0 Å². The number of hydrogen-bond acceptors (Lipinski definition) is 9. The lowest BCUT2D eigenvalue weighted by atomic mass is 9.82. The van der Waals surface area contributed by atoms with Crippen LogP contribution in [0.1, 0.15) is 112 Å². The zero-order valence-corrected chi connectivity index (χ0v) is 31.7. The van der Waals surface area contributed by atoms with Crippen molar-refractivity contribution in [2.45, 2.75) is 130 Å². The molecule has 1 aromatic heterocycles. The van der Waals surface area contributed by atoms with Gasteiger partial charge in [0.15, 0.2) is 0 Å². The van der Waals surface area contributed by atoms with Crippen molar-refractivity contribution in [2.24, 2.45) is 23.7 Å². The monoisotopic (exact) mass is 700 g/mol. The molecule has 1 aliphatic rings. The molecule has 1 saturated heterocycles. The van der Waals surface area contributed by atoms with Crippen LogP contribution >= 0.6 is 0 Å². The standard InChI is InChI=1S/C41H64O9/c1-10-25(2)16-26(3)12-11-13-27(4)17-29(6)18-30(7)20-31(23-42)19-28(5)14-15-35(46)41(8,9)36-22-33(44)37(40(48)50-36)39-38(47)34(45)21-32(24-43)49-39/h11-16,19,22,25,29-32,34-35,38-39,42-47H,10,17-18,20-21,23-24H2,1-9H3/b12-11+,15-14+,26-16+,27-13+,28-19+/t25?,29?,30?,31?,32-,34-,35?,38+,39?/m0/s1. The summed E-state index contributed by atoms with van der Waals surface area (Å²) in [6.45, 7) is 18.0. The normalized spacial score (nSPS) is 24.5. The van der Waals surface area contributed by atoms with Crippen molar-refractivity contribution >= 4 is 0 Å². The molecule has 6 N–H and O–H groups in total. The molecule has 50 heavy (non-hydrogen) atoms. The Bertz CT molecular complexity index is 1420. The van der Waals surface area contributed by atoms with E-state index in [1.165, 1.54) is 17.2 Å². The molecule has 9 nitrogen and oxygen atoms in total. The Morgan fingerprint density at radius 3 is 2.28 bits per heavy atom. The summed E-state index contributed by atoms with van der Waals surface area (Å²) < 4.78 is 11.1. The van der Waals surface area contributed by atoms with Crippen LogP contribution in [0.5, 0.6) is 5.75 Å². The van der Waals surface area contributed by atoms with E-state index in [1.807, 2.05) is 13.0 Å². The van der Waals surface area contributed by atoms with E-state index >= 15 is 0 Å². The third-order valence-electron chi connectivity index (χ3n) is 9.76. The van der Waals surface area contributed by atoms with Crippen LogP contribution in [0.2, 0.25) is 0 Å². The molecule has 0 radical (unpaired) electrons. The highest BCUT2D eigenvalue weighted by atomic mass is 16.5. The zero-order valence-electron chi connectivity index (χ0n) is 31.7. The number of aliphatic hydroxyl groups is 5. The lowest BCUT2D eigenvalue weighted by molar-refractivity contribution is -0.180. The Morgan fingerprint density at radius 2 is 1.68 bits per heavy atom. The van der Waals surface area contributed by atoms with Gasteiger partial charge in [0, 0.05) is 25.0 Å². The molecular weight excluding hydrogens is 636 g/mol. The Hall–Kier alpha value is -2.79. The first-order chi connectivity index (χ1) is 23.4. The van der Waals surface area contributed by atoms with E-state index < -0.39 is 53.9 Å². The summed E-state index contributed by atoms with van der Waals surface area (Å²) in [6.07, 6.45) is 12.0. The summed E-state index contributed by atoms with van der Waals surface area (Å²) >= 11 is 0. The maximum Gasteiger partial charge on any atom is 0.345 e. The van der Waals surface area contributed by atoms with Gasteiger partial charge >= 0.3 is 5.63 Å². The average molecular weight is 701 g/mol. The fourth-order valence-electron chi connectivity index (χ4n) is 6.62. The van der Waals surface area contributed by atoms with Crippen LogP contribution in [0.15, 0.2) is 74.5 Å². The molecule has 0 aromatic carbocycles. The van der Waals surface area contributed by atoms with Crippen LogP contribution < -0.4 is 5.63 Å². The van der Waals surface area contributed by atoms with Crippen molar-refractivity contribution < 1.29 is 39.8 Å². The van der Waals surface area contributed by atoms with Crippen molar-refractivity contribution in [1.82, 2.24) is 0 Å². The van der Waals surface area contributed by atoms with Gasteiger partial charge < -0.3 is 39.8 Å². The molecule has 282 valence electrons. The molecule has 9 atom stereocenters. The largest absolute Gasteiger partial charge is 0.507 e. The second-order valence-corrected chi connectivity index (χ2v) is 15.3. The fourth-order valence-corrected chi connectivity index (χ4v) is 6.62. The first kappa shape index (κ1) is 43.4. The van der Waals surface area contributed by atoms with Gasteiger partial charge in [-0.05, 0) is 71.6 Å². The van der Waals surface area contributed by atoms with Gasteiger partial charge in [0.2, 0.25) is 0 Å². The number of rotatable bonds is 18. The lowest BCUT2D eigenvalue weighted by Crippen LogP contribution is -2.46. The zero-order chi connectivity index (χ0) is 37.8. The first-order valence-corrected chi connectivity index (χ1v) is 18.1. The number of aliphatic hydroxyl groups excluding tert-OH is 5. The molecule has 0 aliphatic carbocycles. The number of aromatic hydroxyl groups is 1. The Labute approximate surface area is 299 Å². The van der Waals surface area contributed by atoms with Gasteiger partial charge in [0.05, 0.1) is 30.3 Å². The number of hydrogen-bond donors (Lipinski definition) is 6. The molecule has 2 rings (SSSR count). The number of ether oxygens (including phenoxy) is 1. The molecule has 2 heterocycles. The molecule has 0 saturated carbocycles. The minimum Gasteiger partial charge on any atom is -0.507 e. The summed E-state index contributed by atoms with van der Waals surface area (Å²) in [6, 6.07) is 1.20. The van der Waals surface area contributed by atoms with E-state index in [9.17, 15) is 35.4 Å². The quantitative estimate of drug-likeness (QED) is 0.0931. The van der Waals surface area contributed by atoms with Crippen LogP contribution in [-0.2, 0) is 10.2 Å². The predicted molar refractivity (Wildman–Crippen MR) is 199 cm³/mol. The highest BCUT2D eigenvalue weighted by Gasteiger charge is 2.41. The molecule has 1 fully saturated rings. The van der Waals surface area contributed by atoms with E-state index in [0.29, 0.717) is 17.8 Å². The van der Waals surface area contributed by atoms with Gasteiger partial charge in [0.1, 0.15) is 29.3 Å². The predicted octanol–water partition coefficient (Wildman–Crippen LogP) is 6.58. The van der Waals surface area contributed by atoms with Gasteiger partial charge in [-0.2, -0.15) is 0 Å². The highest BCUT2D eigenvalue weighted by Crippen LogP contribution is 2.37. The van der Waals surface area contributed by atoms with Crippen molar-refractivity contribution in [3.63, 3.8) is 0 Å². The van der Waals surface area contributed by atoms with E-state index in [1.54, 1.807) is 26.0 Å². The molecule has 6 unspecified atom stereocenters. The molecule has 9 heteroatoms. The third kappa shape index (κ3) is 13.1. The Kier molecular flexibility index (Phi) is 17.6. The van der Waals surface area contributed by atoms with Crippen LogP contribution in [0.25, 0.3) is 0 Å². The number of allylic oxidation sites excluding steroid dienone is 8. The first-order valence-electron chi connectivity index (χ1n) is 18.1. The Balaban J connectivity index is 2.04. The van der Waals surface area contributed by atoms with E-state index in [2.05, 4.69) is 65.8 Å². The van der Waals surface area contributed by atoms with Crippen molar-refractivity contribution in [1.29, 1.82) is 0 Å². The summed E-state index contributed by atoms with van der Waals surface area (Å²) in [5, 5.41) is 62.1. The smallest absolute Gasteiger partial charge is 0.345 e. The minimum absolute atomic E-state index is 0.0114. The van der Waals surface area contributed by atoms with Crippen LogP contribution in [0, 0.1) is 23.7 Å². The molecule has 1 aliphatic heterocycles. The van der Waals surface area contributed by atoms with Crippen LogP contribution in [0.3, 0.4) is 0 Å². The van der Waals surface area contributed by atoms with Gasteiger partial charge in [-0.15, -0.1) is 0 Å². The fraction of sp³-hybridized carbons (Fsp3) is 0.634. The maximum absolute atomic E-state index is 13.0. The summed E-state index contributed by atoms with van der Waals surface area (Å²) in [5.74, 6) is 0.947. The van der Waals surface area contributed by atoms with Gasteiger partial charge in [-0.25, -0.2) is 4.79 Å². The second kappa shape index (κ2) is 20.3. The molecular formula is C41H64O9. The van der Waals surface area contributed by atoms with Gasteiger partial charge in [-0.3, -0.25) is 0 Å². The SMILES string of the molecule is CCC(C)/C=C(C)/C=C/C=C(\C)CC(C)CC(C)CC(/C=C(C)/C=C/C(O)C(C)(C)c1cc(O)c(C2O[C@H](CO)C[C@H](O)[C@H]2O)c(=O)o1)CO. The van der Waals surface area contributed by atoms with E-state index in [-0.39, 0.29) is 30.3 Å². The van der Waals surface area contributed by atoms with Crippen LogP contribution in [-0.4, -0.2) is 68.3 Å². The molecule has 0 amide bonds. The molecule has 0 bridgehead atoms. The molecule has 0 spiro atoms. The topological polar surface area (TPSA) is 161 Å². The van der Waals surface area contributed by atoms with Gasteiger partial charge in [-0.1, -0.05) is 93.4 Å². The lowest BCUT2D eigenvalue weighted by Gasteiger charge is -2.36.